The number of carbonyl (C=O) groups excluding carboxylic acids is 2. The molecule has 2 aliphatic carbocycles. The fourth-order valence-electron chi connectivity index (χ4n) is 5.28. The molecule has 17 nitrogen and oxygen atoms in total. The van der Waals surface area contributed by atoms with Gasteiger partial charge in [-0.25, -0.2) is 25.3 Å². The average molecular weight is 831 g/mol. The molecule has 0 radical (unpaired) electrons. The van der Waals surface area contributed by atoms with Crippen molar-refractivity contribution in [1.82, 2.24) is 0 Å². The molecule has 0 atom stereocenters. The molecule has 0 aromatic heterocycles. The fourth-order valence-corrected chi connectivity index (χ4v) is 7.12. The Hall–Kier alpha value is -3.03. The molecular weight excluding hydrogens is 810 g/mol. The molecule has 2 aliphatic rings. The fraction of sp³-hybridized carbons (Fsp3) is 0. The summed E-state index contributed by atoms with van der Waals surface area (Å²) >= 11 is 0. The topological polar surface area (TPSA) is 307 Å². The van der Waals surface area contributed by atoms with Crippen LogP contribution in [0.25, 0.3) is 23.3 Å². The number of nitrogens with two attached hydrogens (primary N) is 2. The number of anilines is 4. The van der Waals surface area contributed by atoms with E-state index < -0.39 is 73.7 Å². The molecule has 55 heavy (non-hydrogen) atoms. The molecule has 4 aromatic rings. The van der Waals surface area contributed by atoms with Crippen LogP contribution >= 0.6 is 0 Å². The van der Waals surface area contributed by atoms with Gasteiger partial charge in [-0.3, -0.25) is 20.4 Å². The molecule has 0 fully saturated rings. The van der Waals surface area contributed by atoms with Gasteiger partial charge in [0.1, 0.15) is 41.8 Å². The van der Waals surface area contributed by atoms with Crippen molar-refractivity contribution in [2.24, 2.45) is 10.2 Å². The van der Waals surface area contributed by atoms with E-state index >= 15 is 0 Å². The summed E-state index contributed by atoms with van der Waals surface area (Å²) < 4.78 is 106. The summed E-state index contributed by atoms with van der Waals surface area (Å²) in [6.45, 7) is 0. The van der Waals surface area contributed by atoms with E-state index in [0.717, 1.165) is 18.2 Å². The van der Waals surface area contributed by atoms with E-state index in [9.17, 15) is 48.5 Å². The molecule has 0 aliphatic heterocycles. The number of Topliss-reactive ketones (excluding diaryl/α,β-unsaturated/α-hetero) is 2. The van der Waals surface area contributed by atoms with E-state index in [0.29, 0.717) is 22.9 Å². The van der Waals surface area contributed by atoms with Gasteiger partial charge in [0.25, 0.3) is 0 Å². The van der Waals surface area contributed by atoms with Gasteiger partial charge in [-0.1, -0.05) is 24.3 Å². The van der Waals surface area contributed by atoms with E-state index in [-0.39, 0.29) is 122 Å². The first kappa shape index (κ1) is 46.4. The molecule has 0 bridgehead atoms. The minimum atomic E-state index is -5.32. The van der Waals surface area contributed by atoms with Gasteiger partial charge in [0.15, 0.2) is 0 Å². The minimum Gasteiger partial charge on any atom is -0.744 e. The summed E-state index contributed by atoms with van der Waals surface area (Å²) in [6, 6.07) is 18.5. The van der Waals surface area contributed by atoms with Crippen molar-refractivity contribution >= 4 is 88.2 Å². The average Bonchev–Trinajstić information content (AvgIpc) is 3.06. The molecule has 0 saturated heterocycles. The zero-order valence-electron chi connectivity index (χ0n) is 28.9. The normalized spacial score (nSPS) is 15.3. The Labute approximate surface area is 380 Å². The van der Waals surface area contributed by atoms with Crippen LogP contribution in [0.4, 0.5) is 22.7 Å². The third-order valence-electron chi connectivity index (χ3n) is 7.71. The molecule has 0 spiro atoms. The number of carbonyl (C=O) groups is 2. The molecule has 0 saturated carbocycles. The van der Waals surface area contributed by atoms with Crippen molar-refractivity contribution < 1.29 is 137 Å². The van der Waals surface area contributed by atoms with Gasteiger partial charge in [0.05, 0.1) is 31.6 Å². The number of nitrogens with one attached hydrogen (secondary N) is 2. The number of hydrogen-bond acceptors (Lipinski definition) is 17. The molecular formula is C32H21N6Na3O11S3. The first-order chi connectivity index (χ1) is 24.3. The van der Waals surface area contributed by atoms with Gasteiger partial charge in [-0.05, 0) is 89.0 Å². The van der Waals surface area contributed by atoms with Crippen molar-refractivity contribution in [1.29, 1.82) is 0 Å². The van der Waals surface area contributed by atoms with Crippen LogP contribution in [0, 0.1) is 0 Å². The number of allylic oxidation sites excluding steroid dienone is 2. The number of fused-ring (bicyclic) bond motifs is 2. The summed E-state index contributed by atoms with van der Waals surface area (Å²) in [5, 5.41) is 7.75. The number of hydrazone groups is 2. The van der Waals surface area contributed by atoms with Crippen molar-refractivity contribution in [2.75, 3.05) is 22.3 Å². The predicted octanol–water partition coefficient (Wildman–Crippen LogP) is -6.46. The molecule has 266 valence electrons. The summed E-state index contributed by atoms with van der Waals surface area (Å²) in [6.07, 6.45) is 1.75. The summed E-state index contributed by atoms with van der Waals surface area (Å²) in [5.41, 5.74) is 16.5. The second-order valence-corrected chi connectivity index (χ2v) is 15.2. The standard InChI is InChI=1S/C32H24N6O11S3.3Na/c33-20-5-10-24-18(11-20)13-26(51(44,45)46)29(31(24)39)37-35-21-6-1-16(2-7-21)17-3-8-22(9-4-17)36-38-30-27(52(47,48)49)14-19-12-23(50(41,42)43)15-25(34)28(19)32(30)40;;;/h1-15,35-36H,33-34H2,(H,41,42,43)(H,44,45,46)(H,47,48,49);;;/q;3*+1/p-3/b37-29-,38-30+;;;. The zero-order chi connectivity index (χ0) is 37.7. The summed E-state index contributed by atoms with van der Waals surface area (Å²) in [4.78, 5) is 23.5. The second kappa shape index (κ2) is 17.6. The van der Waals surface area contributed by atoms with Gasteiger partial charge < -0.3 is 25.1 Å². The van der Waals surface area contributed by atoms with E-state index in [1.165, 1.54) is 30.3 Å². The molecule has 6 N–H and O–H groups in total. The van der Waals surface area contributed by atoms with Crippen molar-refractivity contribution in [3.05, 3.63) is 111 Å². The first-order valence-corrected chi connectivity index (χ1v) is 18.7. The molecule has 0 unspecified atom stereocenters. The number of nitrogen functional groups attached to an aromatic ring is 2. The van der Waals surface area contributed by atoms with E-state index in [1.807, 2.05) is 0 Å². The summed E-state index contributed by atoms with van der Waals surface area (Å²) in [5.74, 6) is -1.89. The smallest absolute Gasteiger partial charge is 0.744 e. The van der Waals surface area contributed by atoms with Gasteiger partial charge in [-0.2, -0.15) is 10.2 Å². The van der Waals surface area contributed by atoms with Gasteiger partial charge in [0.2, 0.25) is 11.6 Å². The molecule has 4 aromatic carbocycles. The van der Waals surface area contributed by atoms with Crippen molar-refractivity contribution in [2.45, 2.75) is 4.90 Å². The first-order valence-electron chi connectivity index (χ1n) is 14.4. The van der Waals surface area contributed by atoms with Gasteiger partial charge >= 0.3 is 88.7 Å². The third kappa shape index (κ3) is 10.1. The van der Waals surface area contributed by atoms with Crippen LogP contribution in [-0.4, -0.2) is 61.9 Å². The third-order valence-corrected chi connectivity index (χ3v) is 10.2. The molecule has 6 rings (SSSR count). The minimum absolute atomic E-state index is 0. The number of rotatable bonds is 8. The Morgan fingerprint density at radius 2 is 1.00 bits per heavy atom. The molecule has 23 heteroatoms. The molecule has 0 amide bonds. The Morgan fingerprint density at radius 3 is 1.45 bits per heavy atom. The monoisotopic (exact) mass is 830 g/mol. The van der Waals surface area contributed by atoms with E-state index in [2.05, 4.69) is 21.1 Å². The maximum Gasteiger partial charge on any atom is 1.00 e. The van der Waals surface area contributed by atoms with E-state index in [4.69, 9.17) is 11.5 Å². The van der Waals surface area contributed by atoms with Gasteiger partial charge in [-0.15, -0.1) is 0 Å². The zero-order valence-corrected chi connectivity index (χ0v) is 37.4. The number of benzene rings is 4. The summed E-state index contributed by atoms with van der Waals surface area (Å²) in [7, 11) is -15.4. The van der Waals surface area contributed by atoms with Crippen molar-refractivity contribution in [3.63, 3.8) is 0 Å². The maximum atomic E-state index is 13.2. The maximum absolute atomic E-state index is 13.2. The Balaban J connectivity index is 0.00000271. The quantitative estimate of drug-likeness (QED) is 0.0556. The van der Waals surface area contributed by atoms with Crippen LogP contribution in [0.3, 0.4) is 0 Å². The largest absolute Gasteiger partial charge is 1.00 e. The van der Waals surface area contributed by atoms with Crippen molar-refractivity contribution in [3.8, 4) is 11.1 Å². The number of nitrogens with zero attached hydrogens (tertiary/aromatic N) is 2. The van der Waals surface area contributed by atoms with Crippen LogP contribution in [0.2, 0.25) is 0 Å². The van der Waals surface area contributed by atoms with Crippen LogP contribution < -0.4 is 111 Å². The van der Waals surface area contributed by atoms with Crippen LogP contribution in [0.1, 0.15) is 31.8 Å². The number of ketones is 2. The molecule has 0 heterocycles. The van der Waals surface area contributed by atoms with E-state index in [1.54, 1.807) is 36.4 Å². The van der Waals surface area contributed by atoms with Gasteiger partial charge in [0, 0.05) is 16.9 Å². The number of hydrogen-bond donors (Lipinski definition) is 4. The van der Waals surface area contributed by atoms with Crippen LogP contribution in [0.5, 0.6) is 0 Å². The Kier molecular flexibility index (Phi) is 14.9. The van der Waals surface area contributed by atoms with Crippen LogP contribution in [-0.2, 0) is 30.4 Å². The predicted molar refractivity (Wildman–Crippen MR) is 188 cm³/mol. The Bertz CT molecular complexity index is 2700. The van der Waals surface area contributed by atoms with Crippen LogP contribution in [0.15, 0.2) is 104 Å². The SMILES string of the molecule is Nc1ccc2c(c1)C=C(S(=O)(=O)[O-])/C(=N/Nc1ccc(-c3ccc(N/N=C4/C(=O)c5c(N)cc(S(=O)(=O)[O-])cc5C=C4S(=O)(=O)[O-])cc3)cc1)C2=O.[Na+].[Na+].[Na+]. The Morgan fingerprint density at radius 1 is 0.545 bits per heavy atom. The second-order valence-electron chi connectivity index (χ2n) is 11.2.